The van der Waals surface area contributed by atoms with E-state index in [1.165, 1.54) is 50.9 Å². The minimum absolute atomic E-state index is 0.214. The van der Waals surface area contributed by atoms with E-state index >= 15 is 0 Å². The Hall–Kier alpha value is -4.20. The Balaban J connectivity index is 1.23. The van der Waals surface area contributed by atoms with E-state index in [0.29, 0.717) is 10.8 Å². The van der Waals surface area contributed by atoms with Crippen LogP contribution in [0.15, 0.2) is 72.8 Å². The number of rotatable bonds is 5. The fourth-order valence-electron chi connectivity index (χ4n) is 5.55. The van der Waals surface area contributed by atoms with Crippen molar-refractivity contribution >= 4 is 40.6 Å². The van der Waals surface area contributed by atoms with Gasteiger partial charge in [0.1, 0.15) is 0 Å². The summed E-state index contributed by atoms with van der Waals surface area (Å²) in [5.41, 5.74) is 11.1. The summed E-state index contributed by atoms with van der Waals surface area (Å²) in [5.74, 6) is -0.346. The maximum absolute atomic E-state index is 12.3. The standard InChI is InChI=1S/C32H29N3O3S/c1-33-31(36)19-34-32(37)35(38)24-7-4-6-22(18-24)29-15-16-30(39-29)23-11-12-26-21(17-23)10-14-27-25-8-3-2-5-20(25)9-13-28(26)27/h2-8,10,14-18,38H,9,11-13,19H2,1H3,(H,33,36)(H,34,37). The lowest BCUT2D eigenvalue weighted by molar-refractivity contribution is -0.119. The van der Waals surface area contributed by atoms with Crippen molar-refractivity contribution in [1.82, 2.24) is 10.6 Å². The number of fused-ring (bicyclic) bond motifs is 5. The van der Waals surface area contributed by atoms with E-state index in [-0.39, 0.29) is 12.5 Å². The number of aryl methyl sites for hydroxylation is 1. The van der Waals surface area contributed by atoms with Crippen molar-refractivity contribution in [3.63, 3.8) is 0 Å². The lowest BCUT2D eigenvalue weighted by Crippen LogP contribution is -2.42. The van der Waals surface area contributed by atoms with Gasteiger partial charge in [-0.25, -0.2) is 4.79 Å². The highest BCUT2D eigenvalue weighted by molar-refractivity contribution is 7.16. The zero-order valence-electron chi connectivity index (χ0n) is 21.7. The summed E-state index contributed by atoms with van der Waals surface area (Å²) < 4.78 is 0. The second kappa shape index (κ2) is 10.5. The van der Waals surface area contributed by atoms with Crippen LogP contribution in [0.4, 0.5) is 10.5 Å². The highest BCUT2D eigenvalue weighted by Gasteiger charge is 2.23. The van der Waals surface area contributed by atoms with Crippen LogP contribution in [0.2, 0.25) is 0 Å². The number of thiophene rings is 1. The molecule has 6 nitrogen and oxygen atoms in total. The Bertz CT molecular complexity index is 1620. The highest BCUT2D eigenvalue weighted by Crippen LogP contribution is 2.42. The van der Waals surface area contributed by atoms with Gasteiger partial charge in [-0.1, -0.05) is 54.6 Å². The molecule has 4 aromatic rings. The predicted octanol–water partition coefficient (Wildman–Crippen LogP) is 6.32. The molecule has 2 aliphatic carbocycles. The summed E-state index contributed by atoms with van der Waals surface area (Å²) in [5, 5.41) is 15.7. The number of hydrogen-bond donors (Lipinski definition) is 3. The molecule has 0 fully saturated rings. The Morgan fingerprint density at radius 3 is 2.56 bits per heavy atom. The fourth-order valence-corrected chi connectivity index (χ4v) is 6.59. The van der Waals surface area contributed by atoms with Crippen molar-refractivity contribution < 1.29 is 14.8 Å². The van der Waals surface area contributed by atoms with Crippen LogP contribution in [0.5, 0.6) is 0 Å². The first-order valence-electron chi connectivity index (χ1n) is 13.1. The van der Waals surface area contributed by atoms with Crippen molar-refractivity contribution in [2.75, 3.05) is 18.7 Å². The number of amides is 3. The van der Waals surface area contributed by atoms with Crippen LogP contribution >= 0.6 is 11.3 Å². The first-order valence-corrected chi connectivity index (χ1v) is 13.9. The number of hydrogen-bond acceptors (Lipinski definition) is 4. The van der Waals surface area contributed by atoms with Crippen LogP contribution in [-0.2, 0) is 24.1 Å². The lowest BCUT2D eigenvalue weighted by atomic mass is 9.78. The number of urea groups is 1. The Morgan fingerprint density at radius 1 is 0.872 bits per heavy atom. The van der Waals surface area contributed by atoms with Gasteiger partial charge in [0.05, 0.1) is 12.2 Å². The third-order valence-electron chi connectivity index (χ3n) is 7.56. The second-order valence-electron chi connectivity index (χ2n) is 9.84. The topological polar surface area (TPSA) is 81.7 Å². The van der Waals surface area contributed by atoms with Gasteiger partial charge in [-0.15, -0.1) is 11.3 Å². The number of benzene rings is 3. The largest absolute Gasteiger partial charge is 0.358 e. The fraction of sp³-hybridized carbons (Fsp3) is 0.188. The molecule has 0 saturated carbocycles. The molecule has 7 heteroatoms. The molecule has 3 aromatic carbocycles. The van der Waals surface area contributed by atoms with Crippen molar-refractivity contribution in [3.05, 3.63) is 99.9 Å². The minimum atomic E-state index is -0.765. The van der Waals surface area contributed by atoms with Crippen LogP contribution < -0.4 is 15.7 Å². The van der Waals surface area contributed by atoms with Crippen molar-refractivity contribution in [2.45, 2.75) is 25.7 Å². The van der Waals surface area contributed by atoms with Gasteiger partial charge in [-0.3, -0.25) is 10.0 Å². The zero-order valence-corrected chi connectivity index (χ0v) is 22.5. The molecule has 0 bridgehead atoms. The van der Waals surface area contributed by atoms with E-state index in [1.54, 1.807) is 29.5 Å². The SMILES string of the molecule is CNC(=O)CNC(=O)N(O)c1cccc(-c2ccc(C3=Cc4ccc5c(c4CC3)CCc3ccccc3-5)s2)c1. The predicted molar refractivity (Wildman–Crippen MR) is 157 cm³/mol. The molecule has 2 aliphatic rings. The summed E-state index contributed by atoms with van der Waals surface area (Å²) in [6.45, 7) is -0.214. The molecule has 196 valence electrons. The van der Waals surface area contributed by atoms with Crippen LogP contribution in [-0.4, -0.2) is 30.7 Å². The van der Waals surface area contributed by atoms with Gasteiger partial charge in [0, 0.05) is 16.8 Å². The maximum atomic E-state index is 12.3. The van der Waals surface area contributed by atoms with Crippen LogP contribution in [0, 0.1) is 0 Å². The van der Waals surface area contributed by atoms with Crippen LogP contribution in [0.25, 0.3) is 33.2 Å². The van der Waals surface area contributed by atoms with Crippen LogP contribution in [0.1, 0.15) is 33.6 Å². The molecule has 3 N–H and O–H groups in total. The minimum Gasteiger partial charge on any atom is -0.358 e. The summed E-state index contributed by atoms with van der Waals surface area (Å²) in [6.07, 6.45) is 6.59. The van der Waals surface area contributed by atoms with E-state index in [0.717, 1.165) is 36.1 Å². The molecule has 0 spiro atoms. The Kier molecular flexibility index (Phi) is 6.77. The molecule has 1 heterocycles. The summed E-state index contributed by atoms with van der Waals surface area (Å²) in [7, 11) is 1.48. The second-order valence-corrected chi connectivity index (χ2v) is 10.9. The monoisotopic (exact) mass is 535 g/mol. The third-order valence-corrected chi connectivity index (χ3v) is 8.77. The Morgan fingerprint density at radius 2 is 1.69 bits per heavy atom. The van der Waals surface area contributed by atoms with E-state index in [9.17, 15) is 14.8 Å². The van der Waals surface area contributed by atoms with Crippen molar-refractivity contribution in [1.29, 1.82) is 0 Å². The zero-order chi connectivity index (χ0) is 26.9. The van der Waals surface area contributed by atoms with E-state index in [1.807, 2.05) is 6.07 Å². The number of nitrogens with zero attached hydrogens (tertiary/aromatic N) is 1. The third kappa shape index (κ3) is 4.87. The smallest absolute Gasteiger partial charge is 0.346 e. The molecule has 0 saturated heterocycles. The number of carbonyl (C=O) groups is 2. The van der Waals surface area contributed by atoms with Gasteiger partial charge in [0.15, 0.2) is 0 Å². The molecule has 0 aliphatic heterocycles. The molecular weight excluding hydrogens is 506 g/mol. The molecule has 3 amide bonds. The summed E-state index contributed by atoms with van der Waals surface area (Å²) in [4.78, 5) is 25.9. The molecule has 1 aromatic heterocycles. The molecule has 0 atom stereocenters. The normalized spacial score (nSPS) is 13.4. The average molecular weight is 536 g/mol. The van der Waals surface area contributed by atoms with Crippen molar-refractivity contribution in [2.24, 2.45) is 0 Å². The lowest BCUT2D eigenvalue weighted by Gasteiger charge is -2.26. The molecule has 0 radical (unpaired) electrons. The molecule has 39 heavy (non-hydrogen) atoms. The molecule has 0 unspecified atom stereocenters. The summed E-state index contributed by atoms with van der Waals surface area (Å²) >= 11 is 1.71. The molecular formula is C32H29N3O3S. The number of allylic oxidation sites excluding steroid dienone is 1. The van der Waals surface area contributed by atoms with Gasteiger partial charge >= 0.3 is 6.03 Å². The number of hydroxylamine groups is 1. The van der Waals surface area contributed by atoms with Gasteiger partial charge in [0.2, 0.25) is 5.91 Å². The van der Waals surface area contributed by atoms with Gasteiger partial charge in [0.25, 0.3) is 0 Å². The van der Waals surface area contributed by atoms with E-state index in [4.69, 9.17) is 0 Å². The first-order chi connectivity index (χ1) is 19.0. The van der Waals surface area contributed by atoms with Crippen LogP contribution in [0.3, 0.4) is 0 Å². The number of anilines is 1. The molecule has 6 rings (SSSR count). The number of likely N-dealkylation sites (N-methyl/N-ethyl adjacent to an activating group) is 1. The number of nitrogens with one attached hydrogen (secondary N) is 2. The average Bonchev–Trinajstić information content (AvgIpc) is 3.49. The van der Waals surface area contributed by atoms with E-state index in [2.05, 4.69) is 65.2 Å². The highest BCUT2D eigenvalue weighted by atomic mass is 32.1. The van der Waals surface area contributed by atoms with Gasteiger partial charge in [-0.2, -0.15) is 5.06 Å². The van der Waals surface area contributed by atoms with Crippen molar-refractivity contribution in [3.8, 4) is 21.6 Å². The van der Waals surface area contributed by atoms with Gasteiger partial charge < -0.3 is 10.6 Å². The maximum Gasteiger partial charge on any atom is 0.346 e. The Labute approximate surface area is 231 Å². The van der Waals surface area contributed by atoms with E-state index < -0.39 is 6.03 Å². The van der Waals surface area contributed by atoms with Gasteiger partial charge in [-0.05, 0) is 94.5 Å². The first kappa shape index (κ1) is 25.1. The quantitative estimate of drug-likeness (QED) is 0.207. The summed E-state index contributed by atoms with van der Waals surface area (Å²) in [6, 6.07) is 24.0. The number of carbonyl (C=O) groups excluding carboxylic acids is 2.